The number of guanidine groups is 1. The first-order valence-electron chi connectivity index (χ1n) is 9.57. The minimum Gasteiger partial charge on any atom is -0.361 e. The number of nitrogens with zero attached hydrogens (tertiary/aromatic N) is 1. The van der Waals surface area contributed by atoms with E-state index in [1.807, 2.05) is 31.3 Å². The van der Waals surface area contributed by atoms with Crippen LogP contribution in [0, 0.1) is 5.82 Å². The summed E-state index contributed by atoms with van der Waals surface area (Å²) in [6.45, 7) is 4.17. The van der Waals surface area contributed by atoms with Crippen molar-refractivity contribution in [2.75, 3.05) is 13.1 Å². The van der Waals surface area contributed by atoms with Gasteiger partial charge in [-0.2, -0.15) is 0 Å². The van der Waals surface area contributed by atoms with Crippen molar-refractivity contribution in [2.24, 2.45) is 4.99 Å². The van der Waals surface area contributed by atoms with E-state index in [9.17, 15) is 4.39 Å². The second kappa shape index (κ2) is 8.17. The Hall–Kier alpha value is -3.28. The molecule has 0 aliphatic heterocycles. The molecule has 0 saturated carbocycles. The third-order valence-corrected chi connectivity index (χ3v) is 4.75. The van der Waals surface area contributed by atoms with Crippen LogP contribution in [0.2, 0.25) is 0 Å². The van der Waals surface area contributed by atoms with E-state index >= 15 is 0 Å². The summed E-state index contributed by atoms with van der Waals surface area (Å²) in [5.74, 6) is 0.560. The number of hydrogen-bond donors (Lipinski definition) is 4. The molecular formula is C22H24FN5. The standard InChI is InChI=1S/C22H24FN5/c1-2-24-22(27-14-18-11-15-5-3-4-6-20(15)28-18)25-10-9-16-13-26-21-12-17(23)7-8-19(16)21/h3-8,11-13,26,28H,2,9-10,14H2,1H3,(H2,24,25,27). The van der Waals surface area contributed by atoms with Gasteiger partial charge in [0, 0.05) is 41.4 Å². The van der Waals surface area contributed by atoms with E-state index in [1.54, 1.807) is 0 Å². The summed E-state index contributed by atoms with van der Waals surface area (Å²) in [5.41, 5.74) is 4.20. The summed E-state index contributed by atoms with van der Waals surface area (Å²) < 4.78 is 13.3. The molecule has 144 valence electrons. The number of halogens is 1. The molecule has 0 fully saturated rings. The summed E-state index contributed by atoms with van der Waals surface area (Å²) in [6.07, 6.45) is 2.77. The van der Waals surface area contributed by atoms with E-state index in [0.717, 1.165) is 53.1 Å². The topological polar surface area (TPSA) is 68.0 Å². The van der Waals surface area contributed by atoms with E-state index in [-0.39, 0.29) is 5.82 Å². The van der Waals surface area contributed by atoms with Crippen LogP contribution in [0.15, 0.2) is 59.7 Å². The number of nitrogens with one attached hydrogen (secondary N) is 4. The highest BCUT2D eigenvalue weighted by molar-refractivity contribution is 5.84. The van der Waals surface area contributed by atoms with Gasteiger partial charge in [-0.05, 0) is 54.6 Å². The highest BCUT2D eigenvalue weighted by Crippen LogP contribution is 2.19. The van der Waals surface area contributed by atoms with Crippen LogP contribution in [0.4, 0.5) is 4.39 Å². The van der Waals surface area contributed by atoms with Crippen molar-refractivity contribution >= 4 is 27.8 Å². The molecule has 2 heterocycles. The van der Waals surface area contributed by atoms with Gasteiger partial charge in [0.1, 0.15) is 5.82 Å². The van der Waals surface area contributed by atoms with Gasteiger partial charge >= 0.3 is 0 Å². The van der Waals surface area contributed by atoms with Crippen molar-refractivity contribution in [2.45, 2.75) is 19.9 Å². The number of rotatable bonds is 6. The van der Waals surface area contributed by atoms with Crippen LogP contribution in [0.25, 0.3) is 21.8 Å². The maximum Gasteiger partial charge on any atom is 0.191 e. The number of aromatic nitrogens is 2. The molecule has 5 nitrogen and oxygen atoms in total. The molecule has 0 saturated heterocycles. The van der Waals surface area contributed by atoms with Crippen LogP contribution in [-0.4, -0.2) is 29.0 Å². The molecule has 0 aliphatic carbocycles. The number of fused-ring (bicyclic) bond motifs is 2. The minimum absolute atomic E-state index is 0.224. The van der Waals surface area contributed by atoms with Gasteiger partial charge in [0.05, 0.1) is 6.54 Å². The highest BCUT2D eigenvalue weighted by Gasteiger charge is 2.06. The number of benzene rings is 2. The van der Waals surface area contributed by atoms with Crippen molar-refractivity contribution in [3.8, 4) is 0 Å². The minimum atomic E-state index is -0.224. The Morgan fingerprint density at radius 1 is 1.07 bits per heavy atom. The smallest absolute Gasteiger partial charge is 0.191 e. The fourth-order valence-electron chi connectivity index (χ4n) is 3.41. The van der Waals surface area contributed by atoms with Gasteiger partial charge in [-0.1, -0.05) is 18.2 Å². The van der Waals surface area contributed by atoms with Gasteiger partial charge in [-0.25, -0.2) is 9.38 Å². The Bertz CT molecular complexity index is 1080. The van der Waals surface area contributed by atoms with Gasteiger partial charge in [0.25, 0.3) is 0 Å². The summed E-state index contributed by atoms with van der Waals surface area (Å²) in [7, 11) is 0. The van der Waals surface area contributed by atoms with Crippen molar-refractivity contribution in [1.29, 1.82) is 0 Å². The lowest BCUT2D eigenvalue weighted by Gasteiger charge is -2.10. The van der Waals surface area contributed by atoms with Gasteiger partial charge in [0.2, 0.25) is 0 Å². The van der Waals surface area contributed by atoms with Gasteiger partial charge < -0.3 is 20.6 Å². The molecule has 0 atom stereocenters. The number of aromatic amines is 2. The van der Waals surface area contributed by atoms with E-state index in [0.29, 0.717) is 6.54 Å². The van der Waals surface area contributed by atoms with Crippen LogP contribution >= 0.6 is 0 Å². The van der Waals surface area contributed by atoms with Crippen molar-refractivity contribution in [3.05, 3.63) is 71.8 Å². The molecule has 4 N–H and O–H groups in total. The molecule has 0 radical (unpaired) electrons. The molecule has 0 bridgehead atoms. The summed E-state index contributed by atoms with van der Waals surface area (Å²) in [5, 5.41) is 8.91. The quantitative estimate of drug-likeness (QED) is 0.302. The number of para-hydroxylation sites is 1. The molecule has 6 heteroatoms. The Morgan fingerprint density at radius 2 is 1.96 bits per heavy atom. The van der Waals surface area contributed by atoms with Crippen LogP contribution in [-0.2, 0) is 13.0 Å². The first kappa shape index (κ1) is 18.1. The fourth-order valence-corrected chi connectivity index (χ4v) is 3.41. The lowest BCUT2D eigenvalue weighted by molar-refractivity contribution is 0.629. The second-order valence-corrected chi connectivity index (χ2v) is 6.76. The Balaban J connectivity index is 1.39. The Labute approximate surface area is 163 Å². The normalized spacial score (nSPS) is 12.0. The summed E-state index contributed by atoms with van der Waals surface area (Å²) in [6, 6.07) is 15.2. The Morgan fingerprint density at radius 3 is 2.82 bits per heavy atom. The molecule has 0 spiro atoms. The van der Waals surface area contributed by atoms with Gasteiger partial charge in [-0.3, -0.25) is 0 Å². The molecule has 0 unspecified atom stereocenters. The molecule has 4 aromatic rings. The lowest BCUT2D eigenvalue weighted by atomic mass is 10.1. The summed E-state index contributed by atoms with van der Waals surface area (Å²) >= 11 is 0. The zero-order chi connectivity index (χ0) is 19.3. The molecule has 0 amide bonds. The first-order chi connectivity index (χ1) is 13.7. The van der Waals surface area contributed by atoms with Gasteiger partial charge in [-0.15, -0.1) is 0 Å². The van der Waals surface area contributed by atoms with Crippen LogP contribution < -0.4 is 10.6 Å². The molecule has 28 heavy (non-hydrogen) atoms. The molecule has 2 aromatic carbocycles. The molecule has 0 aliphatic rings. The first-order valence-corrected chi connectivity index (χ1v) is 9.57. The maximum absolute atomic E-state index is 13.3. The average Bonchev–Trinajstić information content (AvgIpc) is 3.29. The van der Waals surface area contributed by atoms with E-state index in [2.05, 4.69) is 43.8 Å². The Kier molecular flexibility index (Phi) is 5.28. The van der Waals surface area contributed by atoms with E-state index in [4.69, 9.17) is 0 Å². The summed E-state index contributed by atoms with van der Waals surface area (Å²) in [4.78, 5) is 11.2. The van der Waals surface area contributed by atoms with Crippen molar-refractivity contribution in [1.82, 2.24) is 20.6 Å². The fraction of sp³-hybridized carbons (Fsp3) is 0.227. The van der Waals surface area contributed by atoms with Crippen LogP contribution in [0.3, 0.4) is 0 Å². The molecule has 2 aromatic heterocycles. The van der Waals surface area contributed by atoms with Gasteiger partial charge in [0.15, 0.2) is 5.96 Å². The zero-order valence-electron chi connectivity index (χ0n) is 15.8. The number of H-pyrrole nitrogens is 2. The second-order valence-electron chi connectivity index (χ2n) is 6.76. The zero-order valence-corrected chi connectivity index (χ0v) is 15.8. The van der Waals surface area contributed by atoms with E-state index in [1.165, 1.54) is 17.5 Å². The largest absolute Gasteiger partial charge is 0.361 e. The third kappa shape index (κ3) is 4.01. The number of hydrogen-bond acceptors (Lipinski definition) is 1. The van der Waals surface area contributed by atoms with E-state index < -0.39 is 0 Å². The third-order valence-electron chi connectivity index (χ3n) is 4.75. The van der Waals surface area contributed by atoms with Crippen LogP contribution in [0.1, 0.15) is 18.2 Å². The highest BCUT2D eigenvalue weighted by atomic mass is 19.1. The predicted molar refractivity (Wildman–Crippen MR) is 113 cm³/mol. The van der Waals surface area contributed by atoms with Crippen molar-refractivity contribution < 1.29 is 4.39 Å². The number of aliphatic imine (C=N–C) groups is 1. The van der Waals surface area contributed by atoms with Crippen molar-refractivity contribution in [3.63, 3.8) is 0 Å². The predicted octanol–water partition coefficient (Wildman–Crippen LogP) is 4.09. The lowest BCUT2D eigenvalue weighted by Crippen LogP contribution is -2.38. The SMILES string of the molecule is CCNC(=NCc1cc2ccccc2[nH]1)NCCc1c[nH]c2cc(F)ccc12. The molecular weight excluding hydrogens is 353 g/mol. The molecule has 4 rings (SSSR count). The maximum atomic E-state index is 13.3. The average molecular weight is 377 g/mol. The monoisotopic (exact) mass is 377 g/mol. The van der Waals surface area contributed by atoms with Crippen LogP contribution in [0.5, 0.6) is 0 Å².